The molecule has 1 fully saturated rings. The van der Waals surface area contributed by atoms with Gasteiger partial charge in [0.2, 0.25) is 0 Å². The average Bonchev–Trinajstić information content (AvgIpc) is 2.42. The normalized spacial score (nSPS) is 34.8. The van der Waals surface area contributed by atoms with Gasteiger partial charge in [0, 0.05) is 5.92 Å². The molecule has 0 unspecified atom stereocenters. The van der Waals surface area contributed by atoms with Crippen LogP contribution in [0.2, 0.25) is 0 Å². The third kappa shape index (κ3) is 0.865. The van der Waals surface area contributed by atoms with Gasteiger partial charge in [0.25, 0.3) is 0 Å². The molecule has 0 aromatic carbocycles. The van der Waals surface area contributed by atoms with Gasteiger partial charge in [-0.1, -0.05) is 13.8 Å². The van der Waals surface area contributed by atoms with E-state index in [0.717, 1.165) is 11.8 Å². The second-order valence-corrected chi connectivity index (χ2v) is 2.92. The zero-order valence-electron chi connectivity index (χ0n) is 5.52. The van der Waals surface area contributed by atoms with Crippen molar-refractivity contribution in [3.63, 3.8) is 0 Å². The molecule has 0 bridgehead atoms. The first kappa shape index (κ1) is 5.69. The Kier molecular flexibility index (Phi) is 1.29. The number of terminal acetylenes is 1. The predicted molar refractivity (Wildman–Crippen MR) is 35.3 cm³/mol. The van der Waals surface area contributed by atoms with Gasteiger partial charge >= 0.3 is 0 Å². The molecule has 1 aliphatic rings. The Bertz CT molecular complexity index is 116. The van der Waals surface area contributed by atoms with Crippen LogP contribution in [0.25, 0.3) is 0 Å². The molecule has 1 rings (SSSR count). The minimum Gasteiger partial charge on any atom is -0.120 e. The fourth-order valence-electron chi connectivity index (χ4n) is 1.14. The van der Waals surface area contributed by atoms with Crippen LogP contribution in [0, 0.1) is 30.1 Å². The molecule has 0 nitrogen and oxygen atoms in total. The maximum atomic E-state index is 5.21. The molecular formula is C8H12. The van der Waals surface area contributed by atoms with Crippen LogP contribution in [0.3, 0.4) is 0 Å². The highest BCUT2D eigenvalue weighted by atomic mass is 14.4. The van der Waals surface area contributed by atoms with Crippen LogP contribution in [0.5, 0.6) is 0 Å². The summed E-state index contributed by atoms with van der Waals surface area (Å²) in [5.41, 5.74) is 0. The summed E-state index contributed by atoms with van der Waals surface area (Å²) in [6, 6.07) is 0. The lowest BCUT2D eigenvalue weighted by molar-refractivity contribution is 0.546. The Hall–Kier alpha value is -0.440. The van der Waals surface area contributed by atoms with E-state index >= 15 is 0 Å². The van der Waals surface area contributed by atoms with E-state index < -0.39 is 0 Å². The fraction of sp³-hybridized carbons (Fsp3) is 0.750. The molecule has 0 aromatic rings. The van der Waals surface area contributed by atoms with Gasteiger partial charge in [0.05, 0.1) is 0 Å². The Labute approximate surface area is 51.3 Å². The van der Waals surface area contributed by atoms with Crippen LogP contribution in [0.1, 0.15) is 20.3 Å². The van der Waals surface area contributed by atoms with Crippen molar-refractivity contribution >= 4 is 0 Å². The van der Waals surface area contributed by atoms with Crippen LogP contribution < -0.4 is 0 Å². The molecule has 1 saturated carbocycles. The van der Waals surface area contributed by atoms with E-state index in [2.05, 4.69) is 19.8 Å². The van der Waals surface area contributed by atoms with E-state index in [1.54, 1.807) is 0 Å². The molecule has 0 N–H and O–H groups in total. The maximum Gasteiger partial charge on any atom is 0.0234 e. The summed E-state index contributed by atoms with van der Waals surface area (Å²) in [6.45, 7) is 4.48. The monoisotopic (exact) mass is 108 g/mol. The van der Waals surface area contributed by atoms with E-state index in [0.29, 0.717) is 5.92 Å². The van der Waals surface area contributed by atoms with Crippen molar-refractivity contribution < 1.29 is 0 Å². The van der Waals surface area contributed by atoms with Gasteiger partial charge in [0.15, 0.2) is 0 Å². The third-order valence-electron chi connectivity index (χ3n) is 1.91. The molecule has 0 saturated heterocycles. The Morgan fingerprint density at radius 2 is 2.25 bits per heavy atom. The minimum absolute atomic E-state index is 0.620. The van der Waals surface area contributed by atoms with Crippen LogP contribution in [-0.4, -0.2) is 0 Å². The van der Waals surface area contributed by atoms with Crippen molar-refractivity contribution in [1.82, 2.24) is 0 Å². The first-order valence-corrected chi connectivity index (χ1v) is 3.22. The van der Waals surface area contributed by atoms with Gasteiger partial charge in [-0.3, -0.25) is 0 Å². The van der Waals surface area contributed by atoms with Crippen LogP contribution in [0.4, 0.5) is 0 Å². The summed E-state index contributed by atoms with van der Waals surface area (Å²) in [7, 11) is 0. The second-order valence-electron chi connectivity index (χ2n) is 2.92. The molecule has 0 heteroatoms. The van der Waals surface area contributed by atoms with Crippen molar-refractivity contribution in [3.05, 3.63) is 0 Å². The van der Waals surface area contributed by atoms with E-state index in [1.807, 2.05) is 0 Å². The molecule has 0 heterocycles. The fourth-order valence-corrected chi connectivity index (χ4v) is 1.14. The summed E-state index contributed by atoms with van der Waals surface area (Å²) >= 11 is 0. The van der Waals surface area contributed by atoms with Gasteiger partial charge in [-0.15, -0.1) is 12.3 Å². The van der Waals surface area contributed by atoms with Gasteiger partial charge in [-0.05, 0) is 18.3 Å². The minimum atomic E-state index is 0.620. The van der Waals surface area contributed by atoms with Crippen molar-refractivity contribution in [2.24, 2.45) is 17.8 Å². The molecule has 0 amide bonds. The van der Waals surface area contributed by atoms with Gasteiger partial charge in [-0.25, -0.2) is 0 Å². The molecule has 0 radical (unpaired) electrons. The Balaban J connectivity index is 2.29. The maximum absolute atomic E-state index is 5.21. The van der Waals surface area contributed by atoms with E-state index in [9.17, 15) is 0 Å². The highest BCUT2D eigenvalue weighted by molar-refractivity contribution is 5.07. The van der Waals surface area contributed by atoms with Gasteiger partial charge in [0.1, 0.15) is 0 Å². The standard InChI is InChI=1S/C8H12/c1-4-7-5-8(7)6(2)3/h1,6-8H,5H2,2-3H3/t7-,8+/m1/s1. The molecule has 1 aliphatic carbocycles. The van der Waals surface area contributed by atoms with E-state index in [-0.39, 0.29) is 0 Å². The molecule has 0 aliphatic heterocycles. The summed E-state index contributed by atoms with van der Waals surface area (Å²) in [4.78, 5) is 0. The summed E-state index contributed by atoms with van der Waals surface area (Å²) in [5.74, 6) is 5.04. The lowest BCUT2D eigenvalue weighted by atomic mass is 10.1. The largest absolute Gasteiger partial charge is 0.120 e. The Morgan fingerprint density at radius 1 is 1.62 bits per heavy atom. The average molecular weight is 108 g/mol. The van der Waals surface area contributed by atoms with Crippen LogP contribution >= 0.6 is 0 Å². The molecule has 0 spiro atoms. The number of hydrogen-bond donors (Lipinski definition) is 0. The number of rotatable bonds is 1. The Morgan fingerprint density at radius 3 is 2.38 bits per heavy atom. The first-order chi connectivity index (χ1) is 3.75. The van der Waals surface area contributed by atoms with Crippen molar-refractivity contribution in [1.29, 1.82) is 0 Å². The lowest BCUT2D eigenvalue weighted by Gasteiger charge is -1.96. The van der Waals surface area contributed by atoms with E-state index in [4.69, 9.17) is 6.42 Å². The second kappa shape index (κ2) is 1.82. The van der Waals surface area contributed by atoms with Gasteiger partial charge < -0.3 is 0 Å². The van der Waals surface area contributed by atoms with Crippen molar-refractivity contribution in [3.8, 4) is 12.3 Å². The summed E-state index contributed by atoms with van der Waals surface area (Å²) in [6.07, 6.45) is 6.48. The molecule has 8 heavy (non-hydrogen) atoms. The van der Waals surface area contributed by atoms with Crippen molar-refractivity contribution in [2.75, 3.05) is 0 Å². The molecule has 2 atom stereocenters. The van der Waals surface area contributed by atoms with E-state index in [1.165, 1.54) is 6.42 Å². The zero-order chi connectivity index (χ0) is 6.15. The summed E-state index contributed by atoms with van der Waals surface area (Å²) < 4.78 is 0. The molecule has 44 valence electrons. The van der Waals surface area contributed by atoms with Crippen LogP contribution in [0.15, 0.2) is 0 Å². The third-order valence-corrected chi connectivity index (χ3v) is 1.91. The lowest BCUT2D eigenvalue weighted by Crippen LogP contribution is -1.90. The first-order valence-electron chi connectivity index (χ1n) is 3.22. The number of hydrogen-bond acceptors (Lipinski definition) is 0. The molecule has 0 aromatic heterocycles. The highest BCUT2D eigenvalue weighted by Crippen LogP contribution is 2.43. The zero-order valence-corrected chi connectivity index (χ0v) is 5.52. The SMILES string of the molecule is C#C[C@@H]1C[C@H]1C(C)C. The topological polar surface area (TPSA) is 0 Å². The predicted octanol–water partition coefficient (Wildman–Crippen LogP) is 1.91. The quantitative estimate of drug-likeness (QED) is 0.450. The van der Waals surface area contributed by atoms with Crippen molar-refractivity contribution in [2.45, 2.75) is 20.3 Å². The highest BCUT2D eigenvalue weighted by Gasteiger charge is 2.37. The van der Waals surface area contributed by atoms with Gasteiger partial charge in [-0.2, -0.15) is 0 Å². The van der Waals surface area contributed by atoms with Crippen LogP contribution in [-0.2, 0) is 0 Å². The smallest absolute Gasteiger partial charge is 0.0234 e. The summed E-state index contributed by atoms with van der Waals surface area (Å²) in [5, 5.41) is 0. The molecular weight excluding hydrogens is 96.1 g/mol.